The smallest absolute Gasteiger partial charge is 0.238 e. The number of likely N-dealkylation sites (tertiary alicyclic amines) is 1. The molecule has 8 nitrogen and oxygen atoms in total. The Morgan fingerprint density at radius 3 is 1.60 bits per heavy atom. The summed E-state index contributed by atoms with van der Waals surface area (Å²) < 4.78 is 0. The lowest BCUT2D eigenvalue weighted by molar-refractivity contribution is -0.138. The molecule has 2 bridgehead atoms. The molecule has 7 aliphatic rings. The van der Waals surface area contributed by atoms with Gasteiger partial charge in [-0.3, -0.25) is 24.1 Å². The molecule has 2 aromatic carbocycles. The minimum Gasteiger partial charge on any atom is -0.508 e. The highest BCUT2D eigenvalue weighted by Gasteiger charge is 2.68. The first-order chi connectivity index (χ1) is 20.1. The molecule has 2 N–H and O–H groups in total. The largest absolute Gasteiger partial charge is 0.508 e. The molecule has 4 amide bonds. The molecule has 2 aromatic rings. The molecule has 7 atom stereocenters. The van der Waals surface area contributed by atoms with Gasteiger partial charge in [-0.05, 0) is 76.6 Å². The van der Waals surface area contributed by atoms with Crippen molar-refractivity contribution in [2.24, 2.45) is 35.5 Å². The molecule has 2 heterocycles. The normalized spacial score (nSPS) is 35.7. The number of rotatable bonds is 1. The Labute approximate surface area is 250 Å². The summed E-state index contributed by atoms with van der Waals surface area (Å²) in [6, 6.07) is 7.50. The lowest BCUT2D eigenvalue weighted by Crippen LogP contribution is -2.50. The van der Waals surface area contributed by atoms with Crippen LogP contribution in [0.3, 0.4) is 0 Å². The van der Waals surface area contributed by atoms with Gasteiger partial charge in [0.25, 0.3) is 0 Å². The zero-order valence-electron chi connectivity index (χ0n) is 25.3. The maximum absolute atomic E-state index is 14.1. The zero-order valence-corrected chi connectivity index (χ0v) is 25.3. The van der Waals surface area contributed by atoms with Crippen molar-refractivity contribution in [1.82, 2.24) is 4.90 Å². The van der Waals surface area contributed by atoms with Crippen LogP contribution in [0, 0.1) is 42.4 Å². The van der Waals surface area contributed by atoms with E-state index in [1.165, 1.54) is 12.6 Å². The number of allylic oxidation sites excluding steroid dienone is 2. The average molecular weight is 581 g/mol. The second-order valence-electron chi connectivity index (χ2n) is 15.2. The number of hydrogen-bond acceptors (Lipinski definition) is 6. The van der Waals surface area contributed by atoms with Crippen molar-refractivity contribution in [2.75, 3.05) is 11.9 Å². The van der Waals surface area contributed by atoms with E-state index in [-0.39, 0.29) is 39.8 Å². The van der Waals surface area contributed by atoms with Crippen LogP contribution in [-0.2, 0) is 35.4 Å². The number of hydrogen-bond donors (Lipinski definition) is 2. The van der Waals surface area contributed by atoms with Gasteiger partial charge < -0.3 is 10.2 Å². The quantitative estimate of drug-likeness (QED) is 0.386. The van der Waals surface area contributed by atoms with Crippen LogP contribution in [0.25, 0.3) is 0 Å². The van der Waals surface area contributed by atoms with Crippen LogP contribution in [0.1, 0.15) is 68.4 Å². The summed E-state index contributed by atoms with van der Waals surface area (Å²) in [6.45, 7) is 10.6. The summed E-state index contributed by atoms with van der Waals surface area (Å²) in [7, 11) is 1.47. The second-order valence-corrected chi connectivity index (χ2v) is 15.2. The van der Waals surface area contributed by atoms with Crippen molar-refractivity contribution in [3.8, 4) is 11.5 Å². The highest BCUT2D eigenvalue weighted by Crippen LogP contribution is 2.65. The van der Waals surface area contributed by atoms with E-state index in [0.29, 0.717) is 0 Å². The fourth-order valence-corrected chi connectivity index (χ4v) is 10.3. The maximum atomic E-state index is 14.1. The van der Waals surface area contributed by atoms with E-state index in [1.807, 2.05) is 31.2 Å². The molecule has 222 valence electrons. The lowest BCUT2D eigenvalue weighted by Gasteiger charge is -2.44. The third kappa shape index (κ3) is 2.97. The van der Waals surface area contributed by atoms with Gasteiger partial charge in [-0.25, -0.2) is 4.90 Å². The molecule has 1 spiro atoms. The van der Waals surface area contributed by atoms with Crippen LogP contribution < -0.4 is 4.90 Å². The second kappa shape index (κ2) is 7.76. The van der Waals surface area contributed by atoms with Gasteiger partial charge in [-0.15, -0.1) is 0 Å². The number of carbonyl (C=O) groups excluding carboxylic acids is 4. The summed E-state index contributed by atoms with van der Waals surface area (Å²) in [5, 5.41) is 22.3. The molecule has 8 heteroatoms. The van der Waals surface area contributed by atoms with E-state index in [1.54, 1.807) is 6.07 Å². The van der Waals surface area contributed by atoms with Gasteiger partial charge in [0.05, 0.1) is 29.4 Å². The first-order valence-corrected chi connectivity index (χ1v) is 15.2. The maximum Gasteiger partial charge on any atom is 0.238 e. The SMILES string of the molecule is Cc1cc2c(cc1O)C1(CC2(C)C)CC(C)(C)c2cc(N3C(=O)C4C5C=CC(C6C(=O)N(C)C(=O)C56)C4C3=O)c(O)cc21. The van der Waals surface area contributed by atoms with E-state index in [9.17, 15) is 29.4 Å². The number of aryl methyl sites for hydroxylation is 1. The van der Waals surface area contributed by atoms with Crippen LogP contribution in [0.2, 0.25) is 0 Å². The van der Waals surface area contributed by atoms with E-state index in [2.05, 4.69) is 33.8 Å². The Morgan fingerprint density at radius 2 is 1.09 bits per heavy atom. The summed E-state index contributed by atoms with van der Waals surface area (Å²) in [5.74, 6) is -5.15. The number of imide groups is 2. The number of nitrogens with zero attached hydrogens (tertiary/aromatic N) is 2. The summed E-state index contributed by atoms with van der Waals surface area (Å²) in [5.41, 5.74) is 4.20. The Bertz CT molecular complexity index is 1720. The summed E-state index contributed by atoms with van der Waals surface area (Å²) in [4.78, 5) is 56.5. The van der Waals surface area contributed by atoms with E-state index in [0.717, 1.165) is 44.9 Å². The van der Waals surface area contributed by atoms with Crippen molar-refractivity contribution in [1.29, 1.82) is 0 Å². The Kier molecular flexibility index (Phi) is 4.81. The molecular weight excluding hydrogens is 544 g/mol. The third-order valence-electron chi connectivity index (χ3n) is 11.9. The van der Waals surface area contributed by atoms with Gasteiger partial charge in [0.1, 0.15) is 11.5 Å². The van der Waals surface area contributed by atoms with E-state index < -0.39 is 52.7 Å². The Morgan fingerprint density at radius 1 is 0.651 bits per heavy atom. The first kappa shape index (κ1) is 26.7. The number of benzene rings is 2. The molecule has 0 aromatic heterocycles. The van der Waals surface area contributed by atoms with Gasteiger partial charge >= 0.3 is 0 Å². The van der Waals surface area contributed by atoms with Crippen LogP contribution in [0.15, 0.2) is 36.4 Å². The number of aromatic hydroxyl groups is 2. The van der Waals surface area contributed by atoms with Gasteiger partial charge in [0.2, 0.25) is 23.6 Å². The third-order valence-corrected chi connectivity index (χ3v) is 11.9. The van der Waals surface area contributed by atoms with Crippen molar-refractivity contribution in [3.05, 3.63) is 64.2 Å². The Hall–Kier alpha value is -3.94. The first-order valence-electron chi connectivity index (χ1n) is 15.2. The fourth-order valence-electron chi connectivity index (χ4n) is 10.3. The number of amides is 4. The molecule has 2 saturated heterocycles. The van der Waals surface area contributed by atoms with Crippen LogP contribution in [0.5, 0.6) is 11.5 Å². The molecule has 7 unspecified atom stereocenters. The van der Waals surface area contributed by atoms with Crippen LogP contribution >= 0.6 is 0 Å². The molecule has 1 saturated carbocycles. The van der Waals surface area contributed by atoms with Crippen molar-refractivity contribution >= 4 is 29.3 Å². The van der Waals surface area contributed by atoms with Crippen LogP contribution in [0.4, 0.5) is 5.69 Å². The standard InChI is InChI=1S/C35H36N2O6/c1-15-9-18-20(11-23(15)38)35(13-33(18,2)3)14-34(4,5)19-10-22(24(39)12-21(19)35)37-31(42)27-16-7-8-17(28(27)32(37)43)26-25(16)29(40)36(6)30(26)41/h7-12,16-17,25-28,38-39H,13-14H2,1-6H3. The van der Waals surface area contributed by atoms with Gasteiger partial charge in [0.15, 0.2) is 0 Å². The lowest BCUT2D eigenvalue weighted by atomic mass is 9.54. The van der Waals surface area contributed by atoms with Crippen LogP contribution in [-0.4, -0.2) is 45.8 Å². The average Bonchev–Trinajstić information content (AvgIpc) is 3.51. The summed E-state index contributed by atoms with van der Waals surface area (Å²) >= 11 is 0. The van der Waals surface area contributed by atoms with E-state index >= 15 is 0 Å². The van der Waals surface area contributed by atoms with Crippen molar-refractivity contribution in [3.63, 3.8) is 0 Å². The minimum absolute atomic E-state index is 0.147. The summed E-state index contributed by atoms with van der Waals surface area (Å²) in [6.07, 6.45) is 5.24. The fraction of sp³-hybridized carbons (Fsp3) is 0.486. The van der Waals surface area contributed by atoms with E-state index in [4.69, 9.17) is 0 Å². The number of phenols is 2. The predicted octanol–water partition coefficient (Wildman–Crippen LogP) is 4.21. The molecule has 5 aliphatic carbocycles. The molecular formula is C35H36N2O6. The molecule has 0 radical (unpaired) electrons. The zero-order chi connectivity index (χ0) is 30.7. The molecule has 2 aliphatic heterocycles. The van der Waals surface area contributed by atoms with Crippen molar-refractivity contribution in [2.45, 2.75) is 63.7 Å². The highest BCUT2D eigenvalue weighted by atomic mass is 16.3. The van der Waals surface area contributed by atoms with Crippen molar-refractivity contribution < 1.29 is 29.4 Å². The number of carbonyl (C=O) groups is 4. The topological polar surface area (TPSA) is 115 Å². The molecule has 3 fully saturated rings. The number of fused-ring (bicyclic) bond motifs is 4. The van der Waals surface area contributed by atoms with Gasteiger partial charge in [-0.2, -0.15) is 0 Å². The monoisotopic (exact) mass is 580 g/mol. The predicted molar refractivity (Wildman–Crippen MR) is 157 cm³/mol. The van der Waals surface area contributed by atoms with Gasteiger partial charge in [-0.1, -0.05) is 45.9 Å². The number of anilines is 1. The highest BCUT2D eigenvalue weighted by molar-refractivity contribution is 6.24. The number of phenolic OH excluding ortho intramolecular Hbond substituents is 2. The Balaban J connectivity index is 1.25. The molecule has 43 heavy (non-hydrogen) atoms. The van der Waals surface area contributed by atoms with Gasteiger partial charge in [0, 0.05) is 24.3 Å². The minimum atomic E-state index is -0.743. The molecule has 9 rings (SSSR count).